The van der Waals surface area contributed by atoms with Gasteiger partial charge >= 0.3 is 0 Å². The van der Waals surface area contributed by atoms with Crippen molar-refractivity contribution in [2.75, 3.05) is 19.7 Å². The average Bonchev–Trinajstić information content (AvgIpc) is 3.21. The largest absolute Gasteiger partial charge is 0.493 e. The van der Waals surface area contributed by atoms with Crippen molar-refractivity contribution < 1.29 is 9.13 Å². The minimum absolute atomic E-state index is 0.177. The quantitative estimate of drug-likeness (QED) is 0.885. The third-order valence-electron chi connectivity index (χ3n) is 3.84. The molecule has 2 nitrogen and oxygen atoms in total. The van der Waals surface area contributed by atoms with Crippen molar-refractivity contribution >= 4 is 0 Å². The normalized spacial score (nSPS) is 23.9. The SMILES string of the molecule is Fc1cc(OCC2CC2)cc(C2CCCNC2)c1. The summed E-state index contributed by atoms with van der Waals surface area (Å²) < 4.78 is 19.3. The molecule has 3 heteroatoms. The topological polar surface area (TPSA) is 21.3 Å². The summed E-state index contributed by atoms with van der Waals surface area (Å²) >= 11 is 0. The Balaban J connectivity index is 1.71. The van der Waals surface area contributed by atoms with Crippen LogP contribution < -0.4 is 10.1 Å². The Morgan fingerprint density at radius 3 is 2.83 bits per heavy atom. The molecule has 3 rings (SSSR count). The van der Waals surface area contributed by atoms with Crippen LogP contribution in [0.1, 0.15) is 37.2 Å². The van der Waals surface area contributed by atoms with E-state index in [1.54, 1.807) is 6.07 Å². The van der Waals surface area contributed by atoms with Gasteiger partial charge in [-0.25, -0.2) is 4.39 Å². The molecule has 1 unspecified atom stereocenters. The van der Waals surface area contributed by atoms with E-state index in [9.17, 15) is 4.39 Å². The minimum Gasteiger partial charge on any atom is -0.493 e. The molecule has 1 atom stereocenters. The number of hydrogen-bond donors (Lipinski definition) is 1. The standard InChI is InChI=1S/C15H20FNO/c16-14-6-13(12-2-1-5-17-9-12)7-15(8-14)18-10-11-3-4-11/h6-8,11-12,17H,1-5,9-10H2. The molecule has 0 bridgehead atoms. The van der Waals surface area contributed by atoms with Crippen molar-refractivity contribution in [3.63, 3.8) is 0 Å². The number of nitrogens with one attached hydrogen (secondary N) is 1. The molecule has 0 spiro atoms. The van der Waals surface area contributed by atoms with Crippen LogP contribution in [-0.2, 0) is 0 Å². The van der Waals surface area contributed by atoms with Crippen LogP contribution in [0.4, 0.5) is 4.39 Å². The third-order valence-corrected chi connectivity index (χ3v) is 3.84. The zero-order valence-electron chi connectivity index (χ0n) is 10.6. The molecule has 18 heavy (non-hydrogen) atoms. The first kappa shape index (κ1) is 12.0. The molecule has 1 heterocycles. The first-order valence-corrected chi connectivity index (χ1v) is 6.95. The van der Waals surface area contributed by atoms with Crippen LogP contribution in [0.5, 0.6) is 5.75 Å². The van der Waals surface area contributed by atoms with Crippen LogP contribution in [0.15, 0.2) is 18.2 Å². The molecule has 2 fully saturated rings. The fraction of sp³-hybridized carbons (Fsp3) is 0.600. The van der Waals surface area contributed by atoms with Gasteiger partial charge in [0.1, 0.15) is 11.6 Å². The number of piperidine rings is 1. The summed E-state index contributed by atoms with van der Waals surface area (Å²) in [6.45, 7) is 2.77. The first-order valence-electron chi connectivity index (χ1n) is 6.95. The van der Waals surface area contributed by atoms with E-state index in [1.807, 2.05) is 6.07 Å². The predicted molar refractivity (Wildman–Crippen MR) is 69.5 cm³/mol. The lowest BCUT2D eigenvalue weighted by atomic mass is 9.91. The van der Waals surface area contributed by atoms with Gasteiger partial charge in [-0.05, 0) is 61.8 Å². The van der Waals surface area contributed by atoms with E-state index in [0.29, 0.717) is 17.6 Å². The zero-order chi connectivity index (χ0) is 12.4. The molecule has 0 amide bonds. The zero-order valence-corrected chi connectivity index (χ0v) is 10.6. The van der Waals surface area contributed by atoms with Crippen LogP contribution in [-0.4, -0.2) is 19.7 Å². The maximum Gasteiger partial charge on any atom is 0.127 e. The van der Waals surface area contributed by atoms with Crippen molar-refractivity contribution in [2.45, 2.75) is 31.6 Å². The van der Waals surface area contributed by atoms with Crippen molar-refractivity contribution in [3.05, 3.63) is 29.6 Å². The number of benzene rings is 1. The van der Waals surface area contributed by atoms with Crippen molar-refractivity contribution in [1.29, 1.82) is 0 Å². The highest BCUT2D eigenvalue weighted by Gasteiger charge is 2.22. The molecule has 1 aliphatic heterocycles. The molecular weight excluding hydrogens is 229 g/mol. The third kappa shape index (κ3) is 3.02. The summed E-state index contributed by atoms with van der Waals surface area (Å²) in [4.78, 5) is 0. The fourth-order valence-corrected chi connectivity index (χ4v) is 2.54. The molecule has 1 saturated heterocycles. The van der Waals surface area contributed by atoms with E-state index in [0.717, 1.165) is 31.7 Å². The molecule has 0 aromatic heterocycles. The lowest BCUT2D eigenvalue weighted by Crippen LogP contribution is -2.28. The van der Waals surface area contributed by atoms with Gasteiger partial charge in [0.05, 0.1) is 6.61 Å². The average molecular weight is 249 g/mol. The summed E-state index contributed by atoms with van der Waals surface area (Å²) in [6, 6.07) is 5.17. The lowest BCUT2D eigenvalue weighted by molar-refractivity contribution is 0.297. The maximum absolute atomic E-state index is 13.6. The van der Waals surface area contributed by atoms with Gasteiger partial charge in [0.15, 0.2) is 0 Å². The second-order valence-electron chi connectivity index (χ2n) is 5.52. The van der Waals surface area contributed by atoms with E-state index in [1.165, 1.54) is 25.3 Å². The molecule has 0 radical (unpaired) electrons. The summed E-state index contributed by atoms with van der Waals surface area (Å²) in [5, 5.41) is 3.37. The van der Waals surface area contributed by atoms with Crippen LogP contribution >= 0.6 is 0 Å². The van der Waals surface area contributed by atoms with Crippen LogP contribution in [0.3, 0.4) is 0 Å². The van der Waals surface area contributed by atoms with E-state index >= 15 is 0 Å². The van der Waals surface area contributed by atoms with Gasteiger partial charge < -0.3 is 10.1 Å². The van der Waals surface area contributed by atoms with Gasteiger partial charge in [-0.2, -0.15) is 0 Å². The van der Waals surface area contributed by atoms with Crippen LogP contribution in [0, 0.1) is 11.7 Å². The summed E-state index contributed by atoms with van der Waals surface area (Å²) in [6.07, 6.45) is 4.82. The van der Waals surface area contributed by atoms with Crippen molar-refractivity contribution in [3.8, 4) is 5.75 Å². The van der Waals surface area contributed by atoms with E-state index in [-0.39, 0.29) is 5.82 Å². The second-order valence-corrected chi connectivity index (χ2v) is 5.52. The minimum atomic E-state index is -0.177. The van der Waals surface area contributed by atoms with E-state index in [2.05, 4.69) is 5.32 Å². The Labute approximate surface area is 108 Å². The number of rotatable bonds is 4. The fourth-order valence-electron chi connectivity index (χ4n) is 2.54. The monoisotopic (exact) mass is 249 g/mol. The van der Waals surface area contributed by atoms with Gasteiger partial charge in [0.25, 0.3) is 0 Å². The predicted octanol–water partition coefficient (Wildman–Crippen LogP) is 3.08. The molecule has 2 aliphatic rings. The summed E-state index contributed by atoms with van der Waals surface area (Å²) in [7, 11) is 0. The number of hydrogen-bond acceptors (Lipinski definition) is 2. The van der Waals surface area contributed by atoms with Crippen LogP contribution in [0.25, 0.3) is 0 Å². The van der Waals surface area contributed by atoms with Crippen molar-refractivity contribution in [2.24, 2.45) is 5.92 Å². The summed E-state index contributed by atoms with van der Waals surface area (Å²) in [5.74, 6) is 1.65. The van der Waals surface area contributed by atoms with Gasteiger partial charge in [0, 0.05) is 12.6 Å². The van der Waals surface area contributed by atoms with Gasteiger partial charge in [0.2, 0.25) is 0 Å². The Kier molecular flexibility index (Phi) is 3.50. The number of ether oxygens (including phenoxy) is 1. The first-order chi connectivity index (χ1) is 8.81. The number of halogens is 1. The van der Waals surface area contributed by atoms with Gasteiger partial charge in [-0.1, -0.05) is 0 Å². The highest BCUT2D eigenvalue weighted by molar-refractivity contribution is 5.32. The van der Waals surface area contributed by atoms with E-state index in [4.69, 9.17) is 4.74 Å². The Morgan fingerprint density at radius 1 is 1.22 bits per heavy atom. The molecule has 1 aromatic carbocycles. The molecule has 1 aromatic rings. The molecule has 1 aliphatic carbocycles. The van der Waals surface area contributed by atoms with E-state index < -0.39 is 0 Å². The highest BCUT2D eigenvalue weighted by atomic mass is 19.1. The Bertz CT molecular complexity index is 411. The second kappa shape index (κ2) is 5.27. The van der Waals surface area contributed by atoms with Gasteiger partial charge in [-0.3, -0.25) is 0 Å². The van der Waals surface area contributed by atoms with Gasteiger partial charge in [-0.15, -0.1) is 0 Å². The lowest BCUT2D eigenvalue weighted by Gasteiger charge is -2.23. The van der Waals surface area contributed by atoms with Crippen LogP contribution in [0.2, 0.25) is 0 Å². The highest BCUT2D eigenvalue weighted by Crippen LogP contribution is 2.31. The molecule has 1 saturated carbocycles. The molecule has 1 N–H and O–H groups in total. The van der Waals surface area contributed by atoms with Crippen molar-refractivity contribution in [1.82, 2.24) is 5.32 Å². The molecule has 98 valence electrons. The molecular formula is C15H20FNO. The Morgan fingerprint density at radius 2 is 2.11 bits per heavy atom. The smallest absolute Gasteiger partial charge is 0.127 e. The maximum atomic E-state index is 13.6. The summed E-state index contributed by atoms with van der Waals surface area (Å²) in [5.41, 5.74) is 1.08. The Hall–Kier alpha value is -1.09.